The zero-order chi connectivity index (χ0) is 12.1. The predicted molar refractivity (Wildman–Crippen MR) is 71.1 cm³/mol. The number of hydrogen-bond donors (Lipinski definition) is 2. The van der Waals surface area contributed by atoms with Crippen LogP contribution < -0.4 is 10.6 Å². The smallest absolute Gasteiger partial charge is 0.234 e. The average Bonchev–Trinajstić information content (AvgIpc) is 3.00. The Morgan fingerprint density at radius 3 is 2.88 bits per heavy atom. The monoisotopic (exact) mass is 252 g/mol. The second kappa shape index (κ2) is 6.17. The first kappa shape index (κ1) is 12.6. The van der Waals surface area contributed by atoms with Gasteiger partial charge in [0.15, 0.2) is 0 Å². The largest absolute Gasteiger partial charge is 0.347 e. The van der Waals surface area contributed by atoms with Crippen LogP contribution in [-0.4, -0.2) is 19.5 Å². The van der Waals surface area contributed by atoms with Gasteiger partial charge in [0.1, 0.15) is 0 Å². The fourth-order valence-corrected chi connectivity index (χ4v) is 3.43. The van der Waals surface area contributed by atoms with Gasteiger partial charge in [-0.25, -0.2) is 0 Å². The van der Waals surface area contributed by atoms with Crippen LogP contribution in [0.4, 0.5) is 0 Å². The topological polar surface area (TPSA) is 41.1 Å². The molecule has 1 amide bonds. The number of amides is 1. The molecule has 1 aromatic rings. The Kier molecular flexibility index (Phi) is 4.57. The lowest BCUT2D eigenvalue weighted by Crippen LogP contribution is -2.37. The van der Waals surface area contributed by atoms with Crippen molar-refractivity contribution in [3.63, 3.8) is 0 Å². The number of carbonyl (C=O) groups excluding carboxylic acids is 1. The van der Waals surface area contributed by atoms with Crippen LogP contribution in [0.5, 0.6) is 0 Å². The number of rotatable bonds is 5. The van der Waals surface area contributed by atoms with Gasteiger partial charge >= 0.3 is 0 Å². The highest BCUT2D eigenvalue weighted by Gasteiger charge is 2.28. The van der Waals surface area contributed by atoms with Crippen LogP contribution in [0.2, 0.25) is 0 Å². The maximum atomic E-state index is 11.7. The van der Waals surface area contributed by atoms with Gasteiger partial charge in [-0.05, 0) is 37.3 Å². The summed E-state index contributed by atoms with van der Waals surface area (Å²) in [4.78, 5) is 13.0. The summed E-state index contributed by atoms with van der Waals surface area (Å²) >= 11 is 1.74. The number of hydrogen-bond acceptors (Lipinski definition) is 3. The Balaban J connectivity index is 2.04. The third kappa shape index (κ3) is 3.30. The first-order chi connectivity index (χ1) is 8.31. The van der Waals surface area contributed by atoms with Crippen molar-refractivity contribution in [3.05, 3.63) is 22.4 Å². The lowest BCUT2D eigenvalue weighted by molar-refractivity contribution is -0.121. The van der Waals surface area contributed by atoms with E-state index in [2.05, 4.69) is 28.1 Å². The van der Waals surface area contributed by atoms with E-state index in [1.165, 1.54) is 30.6 Å². The van der Waals surface area contributed by atoms with Crippen molar-refractivity contribution in [2.75, 3.05) is 13.6 Å². The van der Waals surface area contributed by atoms with Gasteiger partial charge in [0.05, 0.1) is 12.6 Å². The molecule has 0 saturated heterocycles. The van der Waals surface area contributed by atoms with Gasteiger partial charge in [0.25, 0.3) is 0 Å². The predicted octanol–water partition coefficient (Wildman–Crippen LogP) is 2.31. The number of nitrogens with one attached hydrogen (secondary N) is 2. The first-order valence-electron chi connectivity index (χ1n) is 6.28. The van der Waals surface area contributed by atoms with E-state index in [0.717, 1.165) is 0 Å². The van der Waals surface area contributed by atoms with E-state index in [4.69, 9.17) is 0 Å². The Morgan fingerprint density at radius 2 is 2.29 bits per heavy atom. The zero-order valence-corrected chi connectivity index (χ0v) is 11.1. The molecule has 2 rings (SSSR count). The summed E-state index contributed by atoms with van der Waals surface area (Å²) in [7, 11) is 1.80. The summed E-state index contributed by atoms with van der Waals surface area (Å²) < 4.78 is 0. The van der Waals surface area contributed by atoms with Crippen molar-refractivity contribution < 1.29 is 4.79 Å². The fraction of sp³-hybridized carbons (Fsp3) is 0.615. The molecule has 0 aromatic carbocycles. The van der Waals surface area contributed by atoms with E-state index in [0.29, 0.717) is 12.5 Å². The molecule has 17 heavy (non-hydrogen) atoms. The first-order valence-corrected chi connectivity index (χ1v) is 7.16. The van der Waals surface area contributed by atoms with E-state index >= 15 is 0 Å². The Labute approximate surface area is 107 Å². The SMILES string of the molecule is CNCC(=O)NC(c1cccs1)C1CCCC1. The van der Waals surface area contributed by atoms with Gasteiger partial charge in [0.2, 0.25) is 5.91 Å². The summed E-state index contributed by atoms with van der Waals surface area (Å²) in [6.45, 7) is 0.397. The molecule has 1 aromatic heterocycles. The van der Waals surface area contributed by atoms with Gasteiger partial charge in [-0.3, -0.25) is 4.79 Å². The van der Waals surface area contributed by atoms with E-state index in [9.17, 15) is 4.79 Å². The van der Waals surface area contributed by atoms with Crippen LogP contribution >= 0.6 is 11.3 Å². The lowest BCUT2D eigenvalue weighted by atomic mass is 9.96. The summed E-state index contributed by atoms with van der Waals surface area (Å²) in [5.74, 6) is 0.715. The van der Waals surface area contributed by atoms with Crippen LogP contribution in [-0.2, 0) is 4.79 Å². The second-order valence-electron chi connectivity index (χ2n) is 4.64. The van der Waals surface area contributed by atoms with Crippen molar-refractivity contribution in [2.45, 2.75) is 31.7 Å². The van der Waals surface area contributed by atoms with Crippen molar-refractivity contribution in [3.8, 4) is 0 Å². The molecule has 1 saturated carbocycles. The second-order valence-corrected chi connectivity index (χ2v) is 5.61. The van der Waals surface area contributed by atoms with Crippen molar-refractivity contribution >= 4 is 17.2 Å². The Bertz CT molecular complexity index is 344. The molecule has 0 spiro atoms. The Morgan fingerprint density at radius 1 is 1.53 bits per heavy atom. The van der Waals surface area contributed by atoms with E-state index in [1.807, 2.05) is 0 Å². The minimum atomic E-state index is 0.0952. The van der Waals surface area contributed by atoms with Crippen molar-refractivity contribution in [1.29, 1.82) is 0 Å². The minimum absolute atomic E-state index is 0.0952. The molecule has 3 nitrogen and oxygen atoms in total. The number of carbonyl (C=O) groups is 1. The maximum absolute atomic E-state index is 11.7. The highest BCUT2D eigenvalue weighted by Crippen LogP contribution is 2.37. The third-order valence-electron chi connectivity index (χ3n) is 3.37. The Hall–Kier alpha value is -0.870. The third-order valence-corrected chi connectivity index (χ3v) is 4.33. The van der Waals surface area contributed by atoms with E-state index in [1.54, 1.807) is 18.4 Å². The standard InChI is InChI=1S/C13H20N2OS/c1-14-9-12(16)15-13(10-5-2-3-6-10)11-7-4-8-17-11/h4,7-8,10,13-14H,2-3,5-6,9H2,1H3,(H,15,16). The van der Waals surface area contributed by atoms with Crippen LogP contribution in [0, 0.1) is 5.92 Å². The van der Waals surface area contributed by atoms with Gasteiger partial charge in [-0.15, -0.1) is 11.3 Å². The fourth-order valence-electron chi connectivity index (χ4n) is 2.57. The van der Waals surface area contributed by atoms with Gasteiger partial charge in [0, 0.05) is 4.88 Å². The highest BCUT2D eigenvalue weighted by molar-refractivity contribution is 7.10. The summed E-state index contributed by atoms with van der Waals surface area (Å²) in [6.07, 6.45) is 5.08. The molecule has 0 aliphatic heterocycles. The van der Waals surface area contributed by atoms with Crippen LogP contribution in [0.25, 0.3) is 0 Å². The molecule has 1 fully saturated rings. The zero-order valence-electron chi connectivity index (χ0n) is 10.2. The molecular formula is C13H20N2OS. The molecular weight excluding hydrogens is 232 g/mol. The number of likely N-dealkylation sites (N-methyl/N-ethyl adjacent to an activating group) is 1. The quantitative estimate of drug-likeness (QED) is 0.844. The van der Waals surface area contributed by atoms with E-state index < -0.39 is 0 Å². The maximum Gasteiger partial charge on any atom is 0.234 e. The molecule has 1 aliphatic carbocycles. The molecule has 0 bridgehead atoms. The average molecular weight is 252 g/mol. The molecule has 0 radical (unpaired) electrons. The minimum Gasteiger partial charge on any atom is -0.347 e. The highest BCUT2D eigenvalue weighted by atomic mass is 32.1. The molecule has 1 heterocycles. The molecule has 4 heteroatoms. The summed E-state index contributed by atoms with van der Waals surface area (Å²) in [5.41, 5.74) is 0. The van der Waals surface area contributed by atoms with Gasteiger partial charge in [-0.1, -0.05) is 18.9 Å². The van der Waals surface area contributed by atoms with Crippen molar-refractivity contribution in [2.24, 2.45) is 5.92 Å². The van der Waals surface area contributed by atoms with Crippen LogP contribution in [0.15, 0.2) is 17.5 Å². The molecule has 2 N–H and O–H groups in total. The normalized spacial score (nSPS) is 18.2. The molecule has 94 valence electrons. The van der Waals surface area contributed by atoms with Gasteiger partial charge in [-0.2, -0.15) is 0 Å². The van der Waals surface area contributed by atoms with Gasteiger partial charge < -0.3 is 10.6 Å². The summed E-state index contributed by atoms with van der Waals surface area (Å²) in [5, 5.41) is 8.16. The molecule has 1 aliphatic rings. The summed E-state index contributed by atoms with van der Waals surface area (Å²) in [6, 6.07) is 4.41. The lowest BCUT2D eigenvalue weighted by Gasteiger charge is -2.23. The van der Waals surface area contributed by atoms with Crippen LogP contribution in [0.1, 0.15) is 36.6 Å². The molecule has 1 unspecified atom stereocenters. The van der Waals surface area contributed by atoms with Crippen LogP contribution in [0.3, 0.4) is 0 Å². The molecule has 1 atom stereocenters. The van der Waals surface area contributed by atoms with Crippen molar-refractivity contribution in [1.82, 2.24) is 10.6 Å². The van der Waals surface area contributed by atoms with E-state index in [-0.39, 0.29) is 11.9 Å². The number of thiophene rings is 1.